The number of carbonyl (C=O) groups excluding carboxylic acids is 5. The molecule has 74 heavy (non-hydrogen) atoms. The van der Waals surface area contributed by atoms with Gasteiger partial charge in [-0.05, 0) is 82.0 Å². The van der Waals surface area contributed by atoms with Crippen molar-refractivity contribution >= 4 is 52.7 Å². The zero-order chi connectivity index (χ0) is 53.6. The van der Waals surface area contributed by atoms with Crippen molar-refractivity contribution in [2.75, 3.05) is 0 Å². The Morgan fingerprint density at radius 2 is 0.595 bits per heavy atom. The molecule has 3 rings (SSSR count). The molecule has 0 aliphatic heterocycles. The van der Waals surface area contributed by atoms with Gasteiger partial charge in [-0.3, -0.25) is 14.4 Å². The molecular weight excluding hydrogens is 935 g/mol. The number of carboxylic acids is 2. The Hall–Kier alpha value is -1.88. The minimum absolute atomic E-state index is 0. The molecular formula is C63H117MgN3O7. The van der Waals surface area contributed by atoms with Gasteiger partial charge in [-0.1, -0.05) is 253 Å². The van der Waals surface area contributed by atoms with Crippen molar-refractivity contribution in [3.63, 3.8) is 0 Å². The molecule has 0 bridgehead atoms. The molecule has 3 saturated carbocycles. The fraction of sp³-hybridized carbons (Fsp3) is 0.921. The van der Waals surface area contributed by atoms with E-state index in [9.17, 15) is 34.2 Å². The van der Waals surface area contributed by atoms with E-state index in [4.69, 9.17) is 0 Å². The van der Waals surface area contributed by atoms with Crippen molar-refractivity contribution < 1.29 is 34.2 Å². The second-order valence-electron chi connectivity index (χ2n) is 23.5. The summed E-state index contributed by atoms with van der Waals surface area (Å²) in [5, 5.41) is 30.0. The normalized spacial score (nSPS) is 20.8. The molecule has 0 aromatic carbocycles. The van der Waals surface area contributed by atoms with Crippen LogP contribution in [0.25, 0.3) is 0 Å². The number of carboxylic acid groups (broad SMARTS) is 2. The summed E-state index contributed by atoms with van der Waals surface area (Å²) in [6.45, 7) is 11.1. The first-order valence-electron chi connectivity index (χ1n) is 31.7. The van der Waals surface area contributed by atoms with Crippen molar-refractivity contribution in [2.24, 2.45) is 23.7 Å². The minimum atomic E-state index is -0.903. The van der Waals surface area contributed by atoms with Crippen LogP contribution in [-0.4, -0.2) is 70.8 Å². The van der Waals surface area contributed by atoms with Crippen LogP contribution in [0.3, 0.4) is 0 Å². The number of carbonyl (C=O) groups is 5. The molecule has 6 atom stereocenters. The van der Waals surface area contributed by atoms with Crippen molar-refractivity contribution in [3.05, 3.63) is 0 Å². The Kier molecular flexibility index (Phi) is 49.3. The maximum atomic E-state index is 13.3. The summed E-state index contributed by atoms with van der Waals surface area (Å²) in [5.41, 5.74) is 0. The second-order valence-corrected chi connectivity index (χ2v) is 23.5. The van der Waals surface area contributed by atoms with Crippen molar-refractivity contribution in [1.29, 1.82) is 0 Å². The smallest absolute Gasteiger partial charge is 0.550 e. The van der Waals surface area contributed by atoms with Gasteiger partial charge in [0.25, 0.3) is 0 Å². The van der Waals surface area contributed by atoms with Gasteiger partial charge in [-0.2, -0.15) is 0 Å². The number of amides is 3. The van der Waals surface area contributed by atoms with E-state index in [0.717, 1.165) is 83.5 Å². The van der Waals surface area contributed by atoms with Gasteiger partial charge in [0, 0.05) is 42.9 Å². The summed E-state index contributed by atoms with van der Waals surface area (Å²) in [4.78, 5) is 59.6. The predicted octanol–water partition coefficient (Wildman–Crippen LogP) is 14.1. The van der Waals surface area contributed by atoms with Crippen molar-refractivity contribution in [1.82, 2.24) is 16.0 Å². The van der Waals surface area contributed by atoms with Gasteiger partial charge >= 0.3 is 23.1 Å². The fourth-order valence-electron chi connectivity index (χ4n) is 11.4. The molecule has 3 N–H and O–H groups in total. The van der Waals surface area contributed by atoms with Crippen LogP contribution in [0.15, 0.2) is 0 Å². The maximum Gasteiger partial charge on any atom is 2.00 e. The Morgan fingerprint density at radius 3 is 0.838 bits per heavy atom. The predicted molar refractivity (Wildman–Crippen MR) is 306 cm³/mol. The SMILES string of the molecule is CC1CCCCC1NC(=O)CC(CC(=O)NC1CCCCC1C)C(=O)NC1CCCCC1C.CCCCCCCCCCCCCCCCCC(=O)[O-].CCCCCCCCCCCCCCCCCC(=O)[O-].[Mg+2]. The Morgan fingerprint density at radius 1 is 0.365 bits per heavy atom. The van der Waals surface area contributed by atoms with Crippen LogP contribution in [0.2, 0.25) is 0 Å². The molecule has 428 valence electrons. The quantitative estimate of drug-likeness (QED) is 0.0405. The zero-order valence-corrected chi connectivity index (χ0v) is 50.5. The molecule has 11 heteroatoms. The minimum Gasteiger partial charge on any atom is -0.550 e. The Bertz CT molecular complexity index is 1290. The molecule has 10 nitrogen and oxygen atoms in total. The molecule has 6 unspecified atom stereocenters. The van der Waals surface area contributed by atoms with E-state index in [1.54, 1.807) is 0 Å². The van der Waals surface area contributed by atoms with Gasteiger partial charge in [0.15, 0.2) is 0 Å². The van der Waals surface area contributed by atoms with Crippen LogP contribution in [0.1, 0.15) is 330 Å². The number of hydrogen-bond donors (Lipinski definition) is 3. The number of unbranched alkanes of at least 4 members (excludes halogenated alkanes) is 28. The number of hydrogen-bond acceptors (Lipinski definition) is 7. The van der Waals surface area contributed by atoms with Gasteiger partial charge in [0.05, 0.1) is 5.92 Å². The third-order valence-corrected chi connectivity index (χ3v) is 16.6. The van der Waals surface area contributed by atoms with Crippen LogP contribution in [-0.2, 0) is 24.0 Å². The molecule has 3 amide bonds. The van der Waals surface area contributed by atoms with E-state index >= 15 is 0 Å². The van der Waals surface area contributed by atoms with Crippen LogP contribution in [0.4, 0.5) is 0 Å². The van der Waals surface area contributed by atoms with E-state index < -0.39 is 17.9 Å². The monoisotopic (exact) mass is 1050 g/mol. The first-order chi connectivity index (χ1) is 35.4. The molecule has 0 aromatic rings. The third kappa shape index (κ3) is 42.2. The topological polar surface area (TPSA) is 168 Å². The molecule has 0 spiro atoms. The van der Waals surface area contributed by atoms with E-state index in [-0.39, 0.29) is 84.6 Å². The van der Waals surface area contributed by atoms with Gasteiger partial charge in [-0.25, -0.2) is 0 Å². The van der Waals surface area contributed by atoms with Gasteiger partial charge in [0.1, 0.15) is 0 Å². The second kappa shape index (κ2) is 50.6. The largest absolute Gasteiger partial charge is 2.00 e. The molecule has 3 fully saturated rings. The first kappa shape index (κ1) is 72.1. The summed E-state index contributed by atoms with van der Waals surface area (Å²) < 4.78 is 0. The first-order valence-corrected chi connectivity index (χ1v) is 31.7. The summed E-state index contributed by atoms with van der Waals surface area (Å²) in [5.74, 6) is -1.36. The standard InChI is InChI=1S/C27H47N3O3.2C18H36O2.Mg/c1-18-10-4-7-13-22(18)28-25(31)16-21(27(33)30-24-15-9-6-12-20(24)3)17-26(32)29-23-14-8-5-11-19(23)2;2*1-2-3-4-5-6-7-8-9-10-11-12-13-14-15-16-17-18(19)20;/h18-24H,4-17H2,1-3H3,(H,28,31)(H,29,32)(H,30,33);2*2-17H2,1H3,(H,19,20);/q;;;+2/p-2. The summed E-state index contributed by atoms with van der Waals surface area (Å²) in [6, 6.07) is 0.520. The van der Waals surface area contributed by atoms with Crippen molar-refractivity contribution in [3.8, 4) is 0 Å². The van der Waals surface area contributed by atoms with Crippen LogP contribution in [0, 0.1) is 23.7 Å². The summed E-state index contributed by atoms with van der Waals surface area (Å²) >= 11 is 0. The summed E-state index contributed by atoms with van der Waals surface area (Å²) in [7, 11) is 0. The average Bonchev–Trinajstić information content (AvgIpc) is 3.36. The number of rotatable bonds is 40. The van der Waals surface area contributed by atoms with Crippen molar-refractivity contribution in [2.45, 2.75) is 348 Å². The molecule has 0 radical (unpaired) electrons. The van der Waals surface area contributed by atoms with E-state index in [0.29, 0.717) is 17.8 Å². The van der Waals surface area contributed by atoms with Crippen LogP contribution < -0.4 is 26.2 Å². The van der Waals surface area contributed by atoms with Crippen LogP contribution in [0.5, 0.6) is 0 Å². The molecule has 0 heterocycles. The molecule has 0 aromatic heterocycles. The van der Waals surface area contributed by atoms with Crippen LogP contribution >= 0.6 is 0 Å². The number of nitrogens with one attached hydrogen (secondary N) is 3. The number of aliphatic carboxylic acids is 2. The Balaban J connectivity index is 0.00000114. The van der Waals surface area contributed by atoms with Gasteiger partial charge < -0.3 is 35.8 Å². The fourth-order valence-corrected chi connectivity index (χ4v) is 11.4. The van der Waals surface area contributed by atoms with Gasteiger partial charge in [-0.15, -0.1) is 0 Å². The Labute approximate surface area is 472 Å². The molecule has 3 aliphatic carbocycles. The third-order valence-electron chi connectivity index (χ3n) is 16.6. The van der Waals surface area contributed by atoms with E-state index in [1.807, 2.05) is 0 Å². The maximum absolute atomic E-state index is 13.3. The zero-order valence-electron chi connectivity index (χ0n) is 49.1. The average molecular weight is 1050 g/mol. The van der Waals surface area contributed by atoms with E-state index in [2.05, 4.69) is 50.6 Å². The summed E-state index contributed by atoms with van der Waals surface area (Å²) in [6.07, 6.45) is 53.3. The van der Waals surface area contributed by atoms with E-state index in [1.165, 1.54) is 186 Å². The molecule has 0 saturated heterocycles. The molecule has 3 aliphatic rings. The van der Waals surface area contributed by atoms with Gasteiger partial charge in [0.2, 0.25) is 17.7 Å².